The first-order valence-electron chi connectivity index (χ1n) is 6.98. The fourth-order valence-corrected chi connectivity index (χ4v) is 3.90. The number of likely N-dealkylation sites (N-methyl/N-ethyl adjacent to an activating group) is 1. The lowest BCUT2D eigenvalue weighted by molar-refractivity contribution is -0.116. The van der Waals surface area contributed by atoms with Crippen LogP contribution in [0.25, 0.3) is 0 Å². The van der Waals surface area contributed by atoms with Crippen molar-refractivity contribution in [3.05, 3.63) is 58.1 Å². The van der Waals surface area contributed by atoms with Gasteiger partial charge in [0, 0.05) is 7.05 Å². The average Bonchev–Trinajstić information content (AvgIpc) is 2.49. The number of nitrogens with zero attached hydrogens (tertiary/aromatic N) is 1. The van der Waals surface area contributed by atoms with Crippen LogP contribution in [0.3, 0.4) is 0 Å². The molecule has 0 saturated carbocycles. The lowest BCUT2D eigenvalue weighted by atomic mass is 10.2. The van der Waals surface area contributed by atoms with E-state index in [1.54, 1.807) is 36.4 Å². The monoisotopic (exact) mass is 386 g/mol. The van der Waals surface area contributed by atoms with Crippen LogP contribution in [0.2, 0.25) is 10.0 Å². The summed E-state index contributed by atoms with van der Waals surface area (Å²) in [6, 6.07) is 11.3. The minimum absolute atomic E-state index is 0.0391. The molecule has 2 rings (SSSR count). The molecule has 2 aromatic rings. The van der Waals surface area contributed by atoms with Crippen molar-refractivity contribution >= 4 is 44.8 Å². The van der Waals surface area contributed by atoms with Crippen molar-refractivity contribution in [2.24, 2.45) is 0 Å². The van der Waals surface area contributed by atoms with Crippen LogP contribution in [-0.4, -0.2) is 32.2 Å². The number of halogens is 2. The minimum Gasteiger partial charge on any atom is -0.324 e. The molecule has 128 valence electrons. The van der Waals surface area contributed by atoms with E-state index in [0.29, 0.717) is 10.7 Å². The molecule has 0 aliphatic heterocycles. The molecule has 24 heavy (non-hydrogen) atoms. The fourth-order valence-electron chi connectivity index (χ4n) is 2.02. The van der Waals surface area contributed by atoms with Crippen LogP contribution in [0, 0.1) is 6.92 Å². The number of carbonyl (C=O) groups is 1. The molecule has 0 saturated heterocycles. The van der Waals surface area contributed by atoms with Crippen molar-refractivity contribution in [2.75, 3.05) is 18.9 Å². The number of benzene rings is 2. The van der Waals surface area contributed by atoms with Crippen molar-refractivity contribution < 1.29 is 13.2 Å². The van der Waals surface area contributed by atoms with Gasteiger partial charge in [-0.15, -0.1) is 0 Å². The molecule has 2 aromatic carbocycles. The Morgan fingerprint density at radius 3 is 2.42 bits per heavy atom. The van der Waals surface area contributed by atoms with Crippen LogP contribution in [0.5, 0.6) is 0 Å². The predicted octanol–water partition coefficient (Wildman–Crippen LogP) is 3.56. The summed E-state index contributed by atoms with van der Waals surface area (Å²) in [5.74, 6) is -0.502. The van der Waals surface area contributed by atoms with Crippen LogP contribution < -0.4 is 5.32 Å². The zero-order valence-corrected chi connectivity index (χ0v) is 15.4. The summed E-state index contributed by atoms with van der Waals surface area (Å²) < 4.78 is 26.0. The highest BCUT2D eigenvalue weighted by molar-refractivity contribution is 7.89. The molecule has 0 aliphatic rings. The normalized spacial score (nSPS) is 11.5. The summed E-state index contributed by atoms with van der Waals surface area (Å²) in [5, 5.41) is 3.07. The second-order valence-corrected chi connectivity index (χ2v) is 8.05. The predicted molar refractivity (Wildman–Crippen MR) is 96.1 cm³/mol. The van der Waals surface area contributed by atoms with E-state index in [2.05, 4.69) is 5.32 Å². The van der Waals surface area contributed by atoms with Gasteiger partial charge in [0.15, 0.2) is 0 Å². The molecule has 0 aliphatic carbocycles. The van der Waals surface area contributed by atoms with Gasteiger partial charge in [-0.3, -0.25) is 4.79 Å². The Hall–Kier alpha value is -1.60. The molecule has 1 amide bonds. The summed E-state index contributed by atoms with van der Waals surface area (Å²) in [5.41, 5.74) is 1.27. The van der Waals surface area contributed by atoms with Crippen molar-refractivity contribution in [3.8, 4) is 0 Å². The number of hydrogen-bond donors (Lipinski definition) is 1. The lowest BCUT2D eigenvalue weighted by Crippen LogP contribution is -2.35. The number of nitrogens with one attached hydrogen (secondary N) is 1. The standard InChI is InChI=1S/C16H16Cl2N2O3S/c1-11-7-8-15(13(18)9-11)24(22,23)20(2)10-16(21)19-14-6-4-3-5-12(14)17/h3-9H,10H2,1-2H3,(H,19,21). The van der Waals surface area contributed by atoms with Gasteiger partial charge in [0.1, 0.15) is 4.90 Å². The number of aryl methyl sites for hydroxylation is 1. The van der Waals surface area contributed by atoms with Gasteiger partial charge in [-0.1, -0.05) is 41.4 Å². The van der Waals surface area contributed by atoms with Gasteiger partial charge >= 0.3 is 0 Å². The van der Waals surface area contributed by atoms with E-state index in [1.165, 1.54) is 13.1 Å². The summed E-state index contributed by atoms with van der Waals surface area (Å²) in [7, 11) is -2.56. The largest absolute Gasteiger partial charge is 0.324 e. The molecule has 0 bridgehead atoms. The van der Waals surface area contributed by atoms with E-state index < -0.39 is 15.9 Å². The number of carbonyl (C=O) groups excluding carboxylic acids is 1. The topological polar surface area (TPSA) is 66.5 Å². The van der Waals surface area contributed by atoms with Gasteiger partial charge in [-0.05, 0) is 36.8 Å². The Bertz CT molecular complexity index is 869. The Kier molecular flexibility index (Phi) is 5.87. The summed E-state index contributed by atoms with van der Waals surface area (Å²) in [6.07, 6.45) is 0. The van der Waals surface area contributed by atoms with Crippen molar-refractivity contribution in [1.82, 2.24) is 4.31 Å². The molecular weight excluding hydrogens is 371 g/mol. The van der Waals surface area contributed by atoms with E-state index in [1.807, 2.05) is 6.92 Å². The maximum absolute atomic E-state index is 12.6. The van der Waals surface area contributed by atoms with Crippen LogP contribution in [0.1, 0.15) is 5.56 Å². The molecule has 0 unspecified atom stereocenters. The van der Waals surface area contributed by atoms with Gasteiger partial charge in [0.2, 0.25) is 15.9 Å². The molecule has 0 fully saturated rings. The second kappa shape index (κ2) is 7.53. The van der Waals surface area contributed by atoms with E-state index in [0.717, 1.165) is 9.87 Å². The summed E-state index contributed by atoms with van der Waals surface area (Å²) in [4.78, 5) is 12.0. The molecular formula is C16H16Cl2N2O3S. The highest BCUT2D eigenvalue weighted by Crippen LogP contribution is 2.25. The molecule has 0 atom stereocenters. The zero-order valence-electron chi connectivity index (χ0n) is 13.1. The molecule has 0 spiro atoms. The van der Waals surface area contributed by atoms with E-state index in [4.69, 9.17) is 23.2 Å². The molecule has 8 heteroatoms. The highest BCUT2D eigenvalue weighted by atomic mass is 35.5. The quantitative estimate of drug-likeness (QED) is 0.853. The Balaban J connectivity index is 2.14. The summed E-state index contributed by atoms with van der Waals surface area (Å²) >= 11 is 12.0. The zero-order chi connectivity index (χ0) is 17.9. The smallest absolute Gasteiger partial charge is 0.244 e. The lowest BCUT2D eigenvalue weighted by Gasteiger charge is -2.18. The van der Waals surface area contributed by atoms with Crippen LogP contribution in [0.4, 0.5) is 5.69 Å². The van der Waals surface area contributed by atoms with Crippen LogP contribution >= 0.6 is 23.2 Å². The first kappa shape index (κ1) is 18.7. The second-order valence-electron chi connectivity index (χ2n) is 5.22. The van der Waals surface area contributed by atoms with Crippen LogP contribution in [0.15, 0.2) is 47.4 Å². The van der Waals surface area contributed by atoms with E-state index in [9.17, 15) is 13.2 Å². The van der Waals surface area contributed by atoms with Gasteiger partial charge in [-0.2, -0.15) is 4.31 Å². The number of hydrogen-bond acceptors (Lipinski definition) is 3. The molecule has 5 nitrogen and oxygen atoms in total. The SMILES string of the molecule is Cc1ccc(S(=O)(=O)N(C)CC(=O)Nc2ccccc2Cl)c(Cl)c1. The van der Waals surface area contributed by atoms with Crippen LogP contribution in [-0.2, 0) is 14.8 Å². The number of sulfonamides is 1. The first-order valence-corrected chi connectivity index (χ1v) is 9.18. The third-order valence-corrected chi connectivity index (χ3v) is 5.91. The summed E-state index contributed by atoms with van der Waals surface area (Å²) in [6.45, 7) is 1.45. The van der Waals surface area contributed by atoms with Gasteiger partial charge in [0.25, 0.3) is 0 Å². The van der Waals surface area contributed by atoms with Gasteiger partial charge < -0.3 is 5.32 Å². The molecule has 0 heterocycles. The third kappa shape index (κ3) is 4.27. The maximum Gasteiger partial charge on any atom is 0.244 e. The van der Waals surface area contributed by atoms with Gasteiger partial charge in [-0.25, -0.2) is 8.42 Å². The maximum atomic E-state index is 12.6. The molecule has 1 N–H and O–H groups in total. The Morgan fingerprint density at radius 1 is 1.12 bits per heavy atom. The van der Waals surface area contributed by atoms with E-state index >= 15 is 0 Å². The average molecular weight is 387 g/mol. The minimum atomic E-state index is -3.88. The third-order valence-electron chi connectivity index (χ3n) is 3.29. The molecule has 0 radical (unpaired) electrons. The Morgan fingerprint density at radius 2 is 1.79 bits per heavy atom. The number of amides is 1. The number of para-hydroxylation sites is 1. The number of anilines is 1. The fraction of sp³-hybridized carbons (Fsp3) is 0.188. The van der Waals surface area contributed by atoms with Crippen molar-refractivity contribution in [3.63, 3.8) is 0 Å². The van der Waals surface area contributed by atoms with E-state index in [-0.39, 0.29) is 16.5 Å². The van der Waals surface area contributed by atoms with Crippen molar-refractivity contribution in [2.45, 2.75) is 11.8 Å². The van der Waals surface area contributed by atoms with Crippen molar-refractivity contribution in [1.29, 1.82) is 0 Å². The molecule has 0 aromatic heterocycles. The Labute approximate surface area is 151 Å². The highest BCUT2D eigenvalue weighted by Gasteiger charge is 2.25. The first-order chi connectivity index (χ1) is 11.2. The number of rotatable bonds is 5. The van der Waals surface area contributed by atoms with Gasteiger partial charge in [0.05, 0.1) is 22.3 Å².